The van der Waals surface area contributed by atoms with Crippen LogP contribution in [0, 0.1) is 5.92 Å². The molecule has 0 radical (unpaired) electrons. The number of fused-ring (bicyclic) bond motifs is 3. The Bertz CT molecular complexity index is 1280. The number of anilines is 1. The number of aromatic nitrogens is 2. The van der Waals surface area contributed by atoms with Gasteiger partial charge in [-0.05, 0) is 47.9 Å². The Kier molecular flexibility index (Phi) is 5.55. The smallest absolute Gasteiger partial charge is 0.412 e. The van der Waals surface area contributed by atoms with Gasteiger partial charge in [-0.2, -0.15) is 5.10 Å². The second kappa shape index (κ2) is 8.57. The van der Waals surface area contributed by atoms with E-state index in [2.05, 4.69) is 27.9 Å². The van der Waals surface area contributed by atoms with E-state index in [0.29, 0.717) is 0 Å². The highest BCUT2D eigenvalue weighted by Gasteiger charge is 2.49. The lowest BCUT2D eigenvalue weighted by Gasteiger charge is -2.25. The average molecular weight is 475 g/mol. The van der Waals surface area contributed by atoms with Gasteiger partial charge in [0, 0.05) is 19.0 Å². The number of aliphatic carboxylic acids is 1. The van der Waals surface area contributed by atoms with E-state index in [1.165, 1.54) is 17.7 Å². The van der Waals surface area contributed by atoms with Gasteiger partial charge in [0.25, 0.3) is 5.91 Å². The molecule has 1 saturated carbocycles. The molecule has 3 aromatic rings. The Morgan fingerprint density at radius 3 is 2.26 bits per heavy atom. The first-order valence-corrected chi connectivity index (χ1v) is 11.5. The van der Waals surface area contributed by atoms with Crippen LogP contribution in [0.4, 0.5) is 10.6 Å². The third kappa shape index (κ3) is 4.14. The lowest BCUT2D eigenvalue weighted by molar-refractivity contribution is -0.144. The topological polar surface area (TPSA) is 123 Å². The molecule has 2 aliphatic carbocycles. The van der Waals surface area contributed by atoms with E-state index in [9.17, 15) is 19.5 Å². The van der Waals surface area contributed by atoms with Crippen molar-refractivity contribution in [1.29, 1.82) is 0 Å². The summed E-state index contributed by atoms with van der Waals surface area (Å²) in [5.74, 6) is -1.61. The first kappa shape index (κ1) is 22.6. The van der Waals surface area contributed by atoms with Crippen molar-refractivity contribution in [3.8, 4) is 11.1 Å². The van der Waals surface area contributed by atoms with Crippen molar-refractivity contribution in [2.24, 2.45) is 13.0 Å². The van der Waals surface area contributed by atoms with Crippen LogP contribution in [-0.4, -0.2) is 45.0 Å². The quantitative estimate of drug-likeness (QED) is 0.479. The molecule has 1 unspecified atom stereocenters. The molecule has 9 heteroatoms. The maximum absolute atomic E-state index is 12.7. The van der Waals surface area contributed by atoms with Crippen LogP contribution in [0.1, 0.15) is 47.3 Å². The van der Waals surface area contributed by atoms with Crippen molar-refractivity contribution in [1.82, 2.24) is 15.1 Å². The number of amides is 2. The minimum absolute atomic E-state index is 0.00886. The number of hydrogen-bond acceptors (Lipinski definition) is 5. The van der Waals surface area contributed by atoms with Gasteiger partial charge in [-0.25, -0.2) is 9.59 Å². The molecule has 2 aromatic carbocycles. The second-order valence-electron chi connectivity index (χ2n) is 9.22. The number of nitrogens with one attached hydrogen (secondary N) is 2. The summed E-state index contributed by atoms with van der Waals surface area (Å²) in [5, 5.41) is 18.9. The highest BCUT2D eigenvalue weighted by atomic mass is 16.5. The molecule has 3 N–H and O–H groups in total. The molecule has 2 amide bonds. The van der Waals surface area contributed by atoms with Gasteiger partial charge in [0.2, 0.25) is 0 Å². The number of benzene rings is 2. The number of rotatable bonds is 7. The third-order valence-corrected chi connectivity index (χ3v) is 6.90. The van der Waals surface area contributed by atoms with Gasteiger partial charge in [-0.1, -0.05) is 48.5 Å². The van der Waals surface area contributed by atoms with E-state index in [1.807, 2.05) is 36.4 Å². The van der Waals surface area contributed by atoms with Gasteiger partial charge in [-0.15, -0.1) is 0 Å². The van der Waals surface area contributed by atoms with Gasteiger partial charge in [-0.3, -0.25) is 14.8 Å². The van der Waals surface area contributed by atoms with Crippen molar-refractivity contribution in [2.75, 3.05) is 11.9 Å². The van der Waals surface area contributed by atoms with Crippen LogP contribution in [-0.2, 0) is 16.6 Å². The number of aryl methyl sites for hydroxylation is 1. The third-order valence-electron chi connectivity index (χ3n) is 6.90. The molecule has 0 spiro atoms. The summed E-state index contributed by atoms with van der Waals surface area (Å²) in [4.78, 5) is 37.0. The van der Waals surface area contributed by atoms with Crippen LogP contribution in [0.2, 0.25) is 0 Å². The maximum Gasteiger partial charge on any atom is 0.412 e. The Morgan fingerprint density at radius 1 is 1.09 bits per heavy atom. The zero-order valence-corrected chi connectivity index (χ0v) is 19.4. The van der Waals surface area contributed by atoms with Gasteiger partial charge in [0.15, 0.2) is 5.69 Å². The molecule has 9 nitrogen and oxygen atoms in total. The zero-order chi connectivity index (χ0) is 24.7. The summed E-state index contributed by atoms with van der Waals surface area (Å²) < 4.78 is 6.89. The fourth-order valence-electron chi connectivity index (χ4n) is 4.72. The predicted octanol–water partition coefficient (Wildman–Crippen LogP) is 3.76. The van der Waals surface area contributed by atoms with Crippen LogP contribution < -0.4 is 10.6 Å². The minimum Gasteiger partial charge on any atom is -0.480 e. The summed E-state index contributed by atoms with van der Waals surface area (Å²) in [5.41, 5.74) is 3.15. The minimum atomic E-state index is -1.35. The summed E-state index contributed by atoms with van der Waals surface area (Å²) in [6.45, 7) is 1.66. The van der Waals surface area contributed by atoms with Gasteiger partial charge >= 0.3 is 12.1 Å². The van der Waals surface area contributed by atoms with E-state index in [4.69, 9.17) is 4.74 Å². The van der Waals surface area contributed by atoms with Crippen LogP contribution in [0.5, 0.6) is 0 Å². The summed E-state index contributed by atoms with van der Waals surface area (Å²) in [7, 11) is 1.58. The Balaban J connectivity index is 1.24. The number of carboxylic acids is 1. The summed E-state index contributed by atoms with van der Waals surface area (Å²) >= 11 is 0. The molecule has 35 heavy (non-hydrogen) atoms. The van der Waals surface area contributed by atoms with E-state index in [1.54, 1.807) is 7.05 Å². The number of ether oxygens (including phenoxy) is 1. The SMILES string of the molecule is Cn1nc(C(=O)NC(C)(C(=O)O)C2CC2)cc1NC(=O)OCC1c2ccccc2-c2ccccc21. The summed E-state index contributed by atoms with van der Waals surface area (Å²) in [6.07, 6.45) is 0.829. The monoisotopic (exact) mass is 474 g/mol. The number of nitrogens with zero attached hydrogens (tertiary/aromatic N) is 2. The van der Waals surface area contributed by atoms with Crippen LogP contribution in [0.15, 0.2) is 54.6 Å². The fraction of sp³-hybridized carbons (Fsp3) is 0.308. The van der Waals surface area contributed by atoms with E-state index in [0.717, 1.165) is 35.1 Å². The molecule has 180 valence electrons. The van der Waals surface area contributed by atoms with Crippen LogP contribution >= 0.6 is 0 Å². The average Bonchev–Trinajstić information content (AvgIpc) is 3.57. The van der Waals surface area contributed by atoms with Crippen molar-refractivity contribution in [3.63, 3.8) is 0 Å². The fourth-order valence-corrected chi connectivity index (χ4v) is 4.72. The Morgan fingerprint density at radius 2 is 1.69 bits per heavy atom. The van der Waals surface area contributed by atoms with Crippen molar-refractivity contribution >= 4 is 23.8 Å². The van der Waals surface area contributed by atoms with Gasteiger partial charge in [0.1, 0.15) is 18.0 Å². The van der Waals surface area contributed by atoms with E-state index in [-0.39, 0.29) is 30.0 Å². The molecule has 0 bridgehead atoms. The molecule has 1 heterocycles. The molecule has 1 atom stereocenters. The highest BCUT2D eigenvalue weighted by molar-refractivity contribution is 5.97. The molecule has 2 aliphatic rings. The van der Waals surface area contributed by atoms with Crippen LogP contribution in [0.3, 0.4) is 0 Å². The predicted molar refractivity (Wildman–Crippen MR) is 128 cm³/mol. The zero-order valence-electron chi connectivity index (χ0n) is 19.4. The largest absolute Gasteiger partial charge is 0.480 e. The number of carboxylic acid groups (broad SMARTS) is 1. The maximum atomic E-state index is 12.7. The highest BCUT2D eigenvalue weighted by Crippen LogP contribution is 2.44. The van der Waals surface area contributed by atoms with Crippen molar-refractivity contribution < 1.29 is 24.2 Å². The standard InChI is InChI=1S/C26H26N4O5/c1-26(24(32)33,15-11-12-15)28-23(31)21-13-22(30(2)29-21)27-25(34)35-14-20-18-9-5-3-7-16(18)17-8-4-6-10-19(17)20/h3-10,13,15,20H,11-12,14H2,1-2H3,(H,27,34)(H,28,31)(H,32,33). The second-order valence-corrected chi connectivity index (χ2v) is 9.22. The molecular formula is C26H26N4O5. The molecular weight excluding hydrogens is 448 g/mol. The Hall–Kier alpha value is -4.14. The molecule has 1 fully saturated rings. The number of carbonyl (C=O) groups excluding carboxylic acids is 2. The van der Waals surface area contributed by atoms with E-state index >= 15 is 0 Å². The first-order valence-electron chi connectivity index (χ1n) is 11.5. The molecule has 0 saturated heterocycles. The lowest BCUT2D eigenvalue weighted by Crippen LogP contribution is -2.54. The van der Waals surface area contributed by atoms with Crippen LogP contribution in [0.25, 0.3) is 11.1 Å². The van der Waals surface area contributed by atoms with Gasteiger partial charge in [0.05, 0.1) is 0 Å². The summed E-state index contributed by atoms with van der Waals surface area (Å²) in [6, 6.07) is 17.5. The molecule has 5 rings (SSSR count). The lowest BCUT2D eigenvalue weighted by atomic mass is 9.96. The van der Waals surface area contributed by atoms with Crippen molar-refractivity contribution in [2.45, 2.75) is 31.2 Å². The molecule has 0 aliphatic heterocycles. The molecule has 1 aromatic heterocycles. The first-order chi connectivity index (χ1) is 16.8. The number of carbonyl (C=O) groups is 3. The number of hydrogen-bond donors (Lipinski definition) is 3. The Labute approximate surface area is 202 Å². The normalized spacial score (nSPS) is 16.1. The van der Waals surface area contributed by atoms with Crippen molar-refractivity contribution in [3.05, 3.63) is 71.4 Å². The van der Waals surface area contributed by atoms with E-state index < -0.39 is 23.5 Å². The van der Waals surface area contributed by atoms with Gasteiger partial charge < -0.3 is 15.2 Å².